The molecule has 0 spiro atoms. The molecule has 0 radical (unpaired) electrons. The number of nitrogens with one attached hydrogen (secondary N) is 1. The van der Waals surface area contributed by atoms with Crippen LogP contribution in [0.4, 0.5) is 17.6 Å². The van der Waals surface area contributed by atoms with Crippen molar-refractivity contribution in [3.8, 4) is 0 Å². The lowest BCUT2D eigenvalue weighted by Crippen LogP contribution is -2.16. The molecule has 1 aromatic carbocycles. The largest absolute Gasteiger partial charge is 0.368 e. The van der Waals surface area contributed by atoms with E-state index in [-0.39, 0.29) is 17.1 Å². The van der Waals surface area contributed by atoms with Crippen molar-refractivity contribution < 1.29 is 4.79 Å². The lowest BCUT2D eigenvalue weighted by molar-refractivity contribution is -0.114. The van der Waals surface area contributed by atoms with Crippen molar-refractivity contribution in [2.45, 2.75) is 24.0 Å². The van der Waals surface area contributed by atoms with E-state index < -0.39 is 0 Å². The van der Waals surface area contributed by atoms with Crippen LogP contribution in [0.2, 0.25) is 0 Å². The molecule has 0 fully saturated rings. The van der Waals surface area contributed by atoms with Crippen molar-refractivity contribution >= 4 is 35.3 Å². The van der Waals surface area contributed by atoms with Crippen LogP contribution in [-0.2, 0) is 4.79 Å². The molecule has 2 rings (SSSR count). The molecule has 0 saturated heterocycles. The van der Waals surface area contributed by atoms with E-state index in [4.69, 9.17) is 5.73 Å². The van der Waals surface area contributed by atoms with Crippen molar-refractivity contribution in [3.63, 3.8) is 0 Å². The van der Waals surface area contributed by atoms with E-state index in [0.717, 1.165) is 10.6 Å². The predicted octanol–water partition coefficient (Wildman–Crippen LogP) is 2.33. The number of nitrogen functional groups attached to an aromatic ring is 1. The number of rotatable bonds is 5. The molecule has 3 N–H and O–H groups in total. The Balaban J connectivity index is 2.12. The van der Waals surface area contributed by atoms with Crippen molar-refractivity contribution in [1.82, 2.24) is 15.0 Å². The van der Waals surface area contributed by atoms with Gasteiger partial charge in [-0.05, 0) is 31.2 Å². The van der Waals surface area contributed by atoms with Gasteiger partial charge in [-0.15, -0.1) is 11.8 Å². The number of benzene rings is 1. The van der Waals surface area contributed by atoms with E-state index in [1.54, 1.807) is 16.7 Å². The summed E-state index contributed by atoms with van der Waals surface area (Å²) in [5.74, 6) is 1.31. The molecule has 23 heavy (non-hydrogen) atoms. The number of nitrogens with zero attached hydrogens (tertiary/aromatic N) is 4. The van der Waals surface area contributed by atoms with Crippen LogP contribution in [-0.4, -0.2) is 35.0 Å². The summed E-state index contributed by atoms with van der Waals surface area (Å²) < 4.78 is 0. The first-order valence-corrected chi connectivity index (χ1v) is 7.96. The molecule has 8 heteroatoms. The zero-order valence-electron chi connectivity index (χ0n) is 13.6. The molecule has 7 nitrogen and oxygen atoms in total. The van der Waals surface area contributed by atoms with E-state index in [0.29, 0.717) is 11.8 Å². The monoisotopic (exact) mass is 332 g/mol. The van der Waals surface area contributed by atoms with Gasteiger partial charge in [-0.3, -0.25) is 4.79 Å². The number of amides is 1. The molecule has 122 valence electrons. The summed E-state index contributed by atoms with van der Waals surface area (Å²) in [6.07, 6.45) is 0. The van der Waals surface area contributed by atoms with E-state index in [2.05, 4.69) is 20.3 Å². The summed E-state index contributed by atoms with van der Waals surface area (Å²) in [4.78, 5) is 26.6. The molecule has 0 aliphatic carbocycles. The lowest BCUT2D eigenvalue weighted by atomic mass is 10.3. The molecular formula is C15H20N6OS. The first-order chi connectivity index (χ1) is 10.8. The number of anilines is 3. The van der Waals surface area contributed by atoms with Gasteiger partial charge in [-0.1, -0.05) is 0 Å². The fourth-order valence-electron chi connectivity index (χ4n) is 1.86. The van der Waals surface area contributed by atoms with Crippen molar-refractivity contribution in [2.75, 3.05) is 30.0 Å². The van der Waals surface area contributed by atoms with Crippen molar-refractivity contribution in [1.29, 1.82) is 0 Å². The lowest BCUT2D eigenvalue weighted by Gasteiger charge is -2.15. The van der Waals surface area contributed by atoms with Gasteiger partial charge in [0.15, 0.2) is 0 Å². The van der Waals surface area contributed by atoms with Crippen LogP contribution >= 0.6 is 11.8 Å². The van der Waals surface area contributed by atoms with Gasteiger partial charge < -0.3 is 16.0 Å². The first kappa shape index (κ1) is 17.0. The van der Waals surface area contributed by atoms with Crippen LogP contribution in [0.1, 0.15) is 24.9 Å². The number of carbonyl (C=O) groups excluding carboxylic acids is 1. The van der Waals surface area contributed by atoms with E-state index >= 15 is 0 Å². The Bertz CT molecular complexity index is 689. The number of hydrogen-bond donors (Lipinski definition) is 2. The molecule has 0 aliphatic rings. The molecule has 1 heterocycles. The summed E-state index contributed by atoms with van der Waals surface area (Å²) in [5.41, 5.74) is 6.53. The standard InChI is InChI=1S/C15H20N6OS/c1-9(13-18-14(16)20-15(19-13)21(3)4)23-12-7-5-11(6-8-12)17-10(2)22/h5-9H,1-4H3,(H,17,22)(H2,16,18,19,20)/t9-/m1/s1. The van der Waals surface area contributed by atoms with Crippen LogP contribution in [0, 0.1) is 0 Å². The van der Waals surface area contributed by atoms with Crippen LogP contribution in [0.3, 0.4) is 0 Å². The summed E-state index contributed by atoms with van der Waals surface area (Å²) in [6.45, 7) is 3.50. The Kier molecular flexibility index (Phi) is 5.38. The number of thioether (sulfide) groups is 1. The maximum atomic E-state index is 11.0. The number of aromatic nitrogens is 3. The molecule has 0 bridgehead atoms. The summed E-state index contributed by atoms with van der Waals surface area (Å²) in [7, 11) is 3.72. The number of nitrogens with two attached hydrogens (primary N) is 1. The molecule has 1 aromatic heterocycles. The zero-order chi connectivity index (χ0) is 17.0. The van der Waals surface area contributed by atoms with Crippen molar-refractivity contribution in [2.24, 2.45) is 0 Å². The van der Waals surface area contributed by atoms with Gasteiger partial charge in [-0.25, -0.2) is 0 Å². The van der Waals surface area contributed by atoms with Gasteiger partial charge in [0.05, 0.1) is 5.25 Å². The van der Waals surface area contributed by atoms with Crippen LogP contribution in [0.15, 0.2) is 29.2 Å². The Morgan fingerprint density at radius 2 is 1.87 bits per heavy atom. The first-order valence-electron chi connectivity index (χ1n) is 7.08. The third-order valence-electron chi connectivity index (χ3n) is 2.91. The smallest absolute Gasteiger partial charge is 0.229 e. The van der Waals surface area contributed by atoms with E-state index in [9.17, 15) is 4.79 Å². The van der Waals surface area contributed by atoms with Gasteiger partial charge in [-0.2, -0.15) is 15.0 Å². The predicted molar refractivity (Wildman–Crippen MR) is 93.6 cm³/mol. The molecule has 0 saturated carbocycles. The highest BCUT2D eigenvalue weighted by atomic mass is 32.2. The average Bonchev–Trinajstić information content (AvgIpc) is 2.48. The van der Waals surface area contributed by atoms with Gasteiger partial charge in [0.25, 0.3) is 0 Å². The second-order valence-electron chi connectivity index (χ2n) is 5.21. The minimum absolute atomic E-state index is 0.0191. The topological polar surface area (TPSA) is 97.0 Å². The fourth-order valence-corrected chi connectivity index (χ4v) is 2.77. The SMILES string of the molecule is CC(=O)Nc1ccc(S[C@H](C)c2nc(N)nc(N(C)C)n2)cc1. The average molecular weight is 332 g/mol. The highest BCUT2D eigenvalue weighted by molar-refractivity contribution is 7.99. The quantitative estimate of drug-likeness (QED) is 0.811. The van der Waals surface area contributed by atoms with Gasteiger partial charge in [0, 0.05) is 31.6 Å². The fraction of sp³-hybridized carbons (Fsp3) is 0.333. The minimum Gasteiger partial charge on any atom is -0.368 e. The summed E-state index contributed by atoms with van der Waals surface area (Å²) in [5, 5.41) is 2.76. The van der Waals surface area contributed by atoms with Crippen LogP contribution in [0.25, 0.3) is 0 Å². The van der Waals surface area contributed by atoms with Crippen LogP contribution in [0.5, 0.6) is 0 Å². The summed E-state index contributed by atoms with van der Waals surface area (Å²) in [6, 6.07) is 7.63. The normalized spacial score (nSPS) is 11.8. The maximum Gasteiger partial charge on any atom is 0.229 e. The molecule has 1 atom stereocenters. The third-order valence-corrected chi connectivity index (χ3v) is 4.02. The van der Waals surface area contributed by atoms with Gasteiger partial charge in [0.1, 0.15) is 5.82 Å². The third kappa shape index (κ3) is 4.82. The molecule has 0 aliphatic heterocycles. The van der Waals surface area contributed by atoms with Crippen molar-refractivity contribution in [3.05, 3.63) is 30.1 Å². The summed E-state index contributed by atoms with van der Waals surface area (Å²) >= 11 is 1.61. The van der Waals surface area contributed by atoms with Gasteiger partial charge >= 0.3 is 0 Å². The number of carbonyl (C=O) groups is 1. The zero-order valence-corrected chi connectivity index (χ0v) is 14.4. The second kappa shape index (κ2) is 7.28. The maximum absolute atomic E-state index is 11.0. The molecule has 1 amide bonds. The van der Waals surface area contributed by atoms with E-state index in [1.807, 2.05) is 45.3 Å². The Morgan fingerprint density at radius 1 is 1.22 bits per heavy atom. The highest BCUT2D eigenvalue weighted by Gasteiger charge is 2.14. The second-order valence-corrected chi connectivity index (χ2v) is 6.63. The minimum atomic E-state index is -0.0874. The molecule has 0 unspecified atom stereocenters. The highest BCUT2D eigenvalue weighted by Crippen LogP contribution is 2.34. The Morgan fingerprint density at radius 3 is 2.43 bits per heavy atom. The van der Waals surface area contributed by atoms with Crippen LogP contribution < -0.4 is 16.0 Å². The number of hydrogen-bond acceptors (Lipinski definition) is 7. The molecule has 2 aromatic rings. The van der Waals surface area contributed by atoms with Gasteiger partial charge in [0.2, 0.25) is 17.8 Å². The Labute approximate surface area is 139 Å². The Hall–Kier alpha value is -2.35. The van der Waals surface area contributed by atoms with E-state index in [1.165, 1.54) is 6.92 Å². The molecular weight excluding hydrogens is 312 g/mol.